The lowest BCUT2D eigenvalue weighted by Gasteiger charge is -2.27. The third-order valence-electron chi connectivity index (χ3n) is 4.32. The third kappa shape index (κ3) is 3.56. The molecule has 122 valence electrons. The number of carbonyl (C=O) groups excluding carboxylic acids is 1. The Morgan fingerprint density at radius 3 is 2.96 bits per heavy atom. The van der Waals surface area contributed by atoms with Crippen molar-refractivity contribution in [1.29, 1.82) is 0 Å². The number of furan rings is 1. The maximum Gasteiger partial charge on any atom is 0.315 e. The highest BCUT2D eigenvalue weighted by atomic mass is 16.4. The fraction of sp³-hybridized carbons (Fsp3) is 0.389. The van der Waals surface area contributed by atoms with Gasteiger partial charge in [0.05, 0.1) is 18.8 Å². The van der Waals surface area contributed by atoms with Gasteiger partial charge in [0.1, 0.15) is 11.4 Å². The number of aliphatic hydroxyl groups is 1. The van der Waals surface area contributed by atoms with E-state index in [1.165, 1.54) is 17.4 Å². The van der Waals surface area contributed by atoms with Gasteiger partial charge in [0, 0.05) is 0 Å². The average molecular weight is 314 g/mol. The second-order valence-corrected chi connectivity index (χ2v) is 6.22. The maximum absolute atomic E-state index is 12.2. The molecular weight excluding hydrogens is 292 g/mol. The van der Waals surface area contributed by atoms with E-state index in [1.54, 1.807) is 19.1 Å². The molecule has 0 saturated carbocycles. The average Bonchev–Trinajstić information content (AvgIpc) is 3.09. The van der Waals surface area contributed by atoms with Crippen molar-refractivity contribution in [3.63, 3.8) is 0 Å². The van der Waals surface area contributed by atoms with Crippen LogP contribution in [0.4, 0.5) is 4.79 Å². The van der Waals surface area contributed by atoms with Crippen molar-refractivity contribution in [2.45, 2.75) is 37.8 Å². The monoisotopic (exact) mass is 314 g/mol. The molecule has 0 radical (unpaired) electrons. The fourth-order valence-corrected chi connectivity index (χ4v) is 3.04. The van der Waals surface area contributed by atoms with Gasteiger partial charge < -0.3 is 20.2 Å². The van der Waals surface area contributed by atoms with Crippen molar-refractivity contribution < 1.29 is 14.3 Å². The van der Waals surface area contributed by atoms with Crippen molar-refractivity contribution in [2.24, 2.45) is 0 Å². The summed E-state index contributed by atoms with van der Waals surface area (Å²) in [6.07, 6.45) is 4.55. The summed E-state index contributed by atoms with van der Waals surface area (Å²) in [5.74, 6) is 0.431. The molecule has 0 fully saturated rings. The van der Waals surface area contributed by atoms with E-state index in [2.05, 4.69) is 22.8 Å². The van der Waals surface area contributed by atoms with Crippen LogP contribution in [0, 0.1) is 0 Å². The summed E-state index contributed by atoms with van der Waals surface area (Å²) in [7, 11) is 0. The van der Waals surface area contributed by atoms with Crippen LogP contribution in [0.3, 0.4) is 0 Å². The predicted octanol–water partition coefficient (Wildman–Crippen LogP) is 2.86. The molecule has 2 aromatic rings. The highest BCUT2D eigenvalue weighted by Gasteiger charge is 2.27. The second kappa shape index (κ2) is 6.46. The maximum atomic E-state index is 12.2. The second-order valence-electron chi connectivity index (χ2n) is 6.22. The first-order chi connectivity index (χ1) is 11.1. The molecule has 1 heterocycles. The molecule has 0 spiro atoms. The molecule has 2 atom stereocenters. The van der Waals surface area contributed by atoms with Gasteiger partial charge in [-0.15, -0.1) is 0 Å². The molecule has 3 rings (SSSR count). The SMILES string of the molecule is C[C@@](O)(CNC(=O)N[C@H]1CCCc2ccccc21)c1ccco1. The van der Waals surface area contributed by atoms with E-state index < -0.39 is 5.60 Å². The van der Waals surface area contributed by atoms with Gasteiger partial charge in [0.15, 0.2) is 0 Å². The zero-order chi connectivity index (χ0) is 16.3. The fourth-order valence-electron chi connectivity index (χ4n) is 3.04. The van der Waals surface area contributed by atoms with Crippen LogP contribution in [0.15, 0.2) is 47.1 Å². The number of urea groups is 1. The number of aryl methyl sites for hydroxylation is 1. The molecule has 0 unspecified atom stereocenters. The largest absolute Gasteiger partial charge is 0.466 e. The molecule has 0 bridgehead atoms. The van der Waals surface area contributed by atoms with Gasteiger partial charge in [-0.05, 0) is 49.4 Å². The molecular formula is C18H22N2O3. The molecule has 1 aromatic carbocycles. The van der Waals surface area contributed by atoms with E-state index in [0.717, 1.165) is 19.3 Å². The highest BCUT2D eigenvalue weighted by Crippen LogP contribution is 2.29. The Morgan fingerprint density at radius 1 is 1.35 bits per heavy atom. The highest BCUT2D eigenvalue weighted by molar-refractivity contribution is 5.74. The van der Waals surface area contributed by atoms with Crippen LogP contribution >= 0.6 is 0 Å². The van der Waals surface area contributed by atoms with Crippen LogP contribution in [0.5, 0.6) is 0 Å². The number of hydrogen-bond donors (Lipinski definition) is 3. The van der Waals surface area contributed by atoms with Crippen LogP contribution in [-0.2, 0) is 12.0 Å². The molecule has 23 heavy (non-hydrogen) atoms. The van der Waals surface area contributed by atoms with E-state index in [0.29, 0.717) is 5.76 Å². The van der Waals surface area contributed by atoms with E-state index in [4.69, 9.17) is 4.42 Å². The predicted molar refractivity (Wildman–Crippen MR) is 86.9 cm³/mol. The molecule has 2 amide bonds. The standard InChI is InChI=1S/C18H22N2O3/c1-18(22,16-10-5-11-23-16)12-19-17(21)20-15-9-4-7-13-6-2-3-8-14(13)15/h2-3,5-6,8,10-11,15,22H,4,7,9,12H2,1H3,(H2,19,20,21)/t15-,18+/m0/s1. The van der Waals surface area contributed by atoms with Gasteiger partial charge in [0.2, 0.25) is 0 Å². The summed E-state index contributed by atoms with van der Waals surface area (Å²) in [6.45, 7) is 1.70. The lowest BCUT2D eigenvalue weighted by molar-refractivity contribution is 0.0366. The minimum Gasteiger partial charge on any atom is -0.466 e. The lowest BCUT2D eigenvalue weighted by atomic mass is 9.88. The first kappa shape index (κ1) is 15.6. The van der Waals surface area contributed by atoms with Crippen molar-refractivity contribution in [2.75, 3.05) is 6.54 Å². The van der Waals surface area contributed by atoms with Crippen molar-refractivity contribution in [1.82, 2.24) is 10.6 Å². The third-order valence-corrected chi connectivity index (χ3v) is 4.32. The zero-order valence-corrected chi connectivity index (χ0v) is 13.2. The normalized spacial score (nSPS) is 19.5. The Hall–Kier alpha value is -2.27. The zero-order valence-electron chi connectivity index (χ0n) is 13.2. The Balaban J connectivity index is 1.58. The van der Waals surface area contributed by atoms with Crippen LogP contribution in [0.2, 0.25) is 0 Å². The Morgan fingerprint density at radius 2 is 2.17 bits per heavy atom. The number of amides is 2. The van der Waals surface area contributed by atoms with Crippen molar-refractivity contribution in [3.05, 3.63) is 59.5 Å². The van der Waals surface area contributed by atoms with Gasteiger partial charge in [-0.1, -0.05) is 24.3 Å². The smallest absolute Gasteiger partial charge is 0.315 e. The molecule has 3 N–H and O–H groups in total. The number of nitrogens with one attached hydrogen (secondary N) is 2. The molecule has 5 nitrogen and oxygen atoms in total. The Bertz CT molecular complexity index is 665. The van der Waals surface area contributed by atoms with E-state index in [-0.39, 0.29) is 18.6 Å². The summed E-state index contributed by atoms with van der Waals surface area (Å²) in [6, 6.07) is 11.4. The van der Waals surface area contributed by atoms with Gasteiger partial charge in [-0.3, -0.25) is 0 Å². The molecule has 0 aliphatic heterocycles. The van der Waals surface area contributed by atoms with Crippen molar-refractivity contribution >= 4 is 6.03 Å². The summed E-state index contributed by atoms with van der Waals surface area (Å²) >= 11 is 0. The Labute approximate surface area is 135 Å². The van der Waals surface area contributed by atoms with Crippen LogP contribution in [-0.4, -0.2) is 17.7 Å². The van der Waals surface area contributed by atoms with Gasteiger partial charge in [-0.2, -0.15) is 0 Å². The molecule has 5 heteroatoms. The Kier molecular flexibility index (Phi) is 4.39. The quantitative estimate of drug-likeness (QED) is 0.812. The molecule has 1 aliphatic rings. The number of rotatable bonds is 4. The first-order valence-corrected chi connectivity index (χ1v) is 7.95. The minimum atomic E-state index is -1.23. The van der Waals surface area contributed by atoms with Crippen LogP contribution < -0.4 is 10.6 Å². The lowest BCUT2D eigenvalue weighted by Crippen LogP contribution is -2.44. The number of benzene rings is 1. The number of hydrogen-bond acceptors (Lipinski definition) is 3. The summed E-state index contributed by atoms with van der Waals surface area (Å²) < 4.78 is 5.21. The number of fused-ring (bicyclic) bond motifs is 1. The van der Waals surface area contributed by atoms with Gasteiger partial charge >= 0.3 is 6.03 Å². The molecule has 1 aromatic heterocycles. The summed E-state index contributed by atoms with van der Waals surface area (Å²) in [5, 5.41) is 16.1. The minimum absolute atomic E-state index is 0.0218. The van der Waals surface area contributed by atoms with Crippen molar-refractivity contribution in [3.8, 4) is 0 Å². The number of carbonyl (C=O) groups is 1. The first-order valence-electron chi connectivity index (χ1n) is 7.95. The van der Waals surface area contributed by atoms with E-state index in [9.17, 15) is 9.90 Å². The van der Waals surface area contributed by atoms with E-state index >= 15 is 0 Å². The summed E-state index contributed by atoms with van der Waals surface area (Å²) in [4.78, 5) is 12.2. The van der Waals surface area contributed by atoms with Crippen LogP contribution in [0.25, 0.3) is 0 Å². The van der Waals surface area contributed by atoms with Gasteiger partial charge in [0.25, 0.3) is 0 Å². The van der Waals surface area contributed by atoms with Gasteiger partial charge in [-0.25, -0.2) is 4.79 Å². The van der Waals surface area contributed by atoms with Crippen LogP contribution in [0.1, 0.15) is 42.7 Å². The summed E-state index contributed by atoms with van der Waals surface area (Å²) in [5.41, 5.74) is 1.25. The molecule has 1 aliphatic carbocycles. The topological polar surface area (TPSA) is 74.5 Å². The molecule has 0 saturated heterocycles. The van der Waals surface area contributed by atoms with E-state index in [1.807, 2.05) is 12.1 Å².